The van der Waals surface area contributed by atoms with Crippen LogP contribution in [0.1, 0.15) is 23.6 Å². The van der Waals surface area contributed by atoms with E-state index >= 15 is 0 Å². The minimum absolute atomic E-state index is 0.0933. The fourth-order valence-corrected chi connectivity index (χ4v) is 2.68. The molecule has 22 heavy (non-hydrogen) atoms. The van der Waals surface area contributed by atoms with Gasteiger partial charge in [-0.15, -0.1) is 0 Å². The van der Waals surface area contributed by atoms with Crippen molar-refractivity contribution in [1.82, 2.24) is 4.98 Å². The van der Waals surface area contributed by atoms with Gasteiger partial charge in [0, 0.05) is 18.2 Å². The number of amides is 1. The number of aryl methyl sites for hydroxylation is 2. The number of rotatable bonds is 2. The number of aromatic nitrogens is 1. The number of nitrogens with zero attached hydrogens (tertiary/aromatic N) is 1. The van der Waals surface area contributed by atoms with Gasteiger partial charge in [0.15, 0.2) is 5.58 Å². The number of fused-ring (bicyclic) bond motifs is 1. The van der Waals surface area contributed by atoms with E-state index in [2.05, 4.69) is 16.4 Å². The second kappa shape index (κ2) is 5.30. The predicted molar refractivity (Wildman–Crippen MR) is 88.0 cm³/mol. The smallest absolute Gasteiger partial charge is 0.227 e. The summed E-state index contributed by atoms with van der Waals surface area (Å²) in [7, 11) is 0. The van der Waals surface area contributed by atoms with Crippen LogP contribution in [-0.4, -0.2) is 10.9 Å². The molecule has 4 heteroatoms. The molecular formula is C18H18N2O2. The van der Waals surface area contributed by atoms with E-state index in [9.17, 15) is 4.79 Å². The van der Waals surface area contributed by atoms with Gasteiger partial charge in [0.05, 0.1) is 0 Å². The molecule has 0 aliphatic rings. The minimum atomic E-state index is -0.0933. The van der Waals surface area contributed by atoms with Crippen LogP contribution >= 0.6 is 0 Å². The molecule has 0 saturated carbocycles. The van der Waals surface area contributed by atoms with E-state index < -0.39 is 0 Å². The molecular weight excluding hydrogens is 276 g/mol. The van der Waals surface area contributed by atoms with Crippen LogP contribution in [0, 0.1) is 20.8 Å². The van der Waals surface area contributed by atoms with Crippen LogP contribution in [0.15, 0.2) is 34.7 Å². The Morgan fingerprint density at radius 1 is 1.18 bits per heavy atom. The number of carbonyl (C=O) groups excluding carboxylic acids is 1. The zero-order valence-electron chi connectivity index (χ0n) is 13.2. The van der Waals surface area contributed by atoms with Crippen LogP contribution in [0.2, 0.25) is 0 Å². The molecule has 1 N–H and O–H groups in total. The van der Waals surface area contributed by atoms with Crippen molar-refractivity contribution in [2.45, 2.75) is 27.7 Å². The van der Waals surface area contributed by atoms with Crippen molar-refractivity contribution in [2.75, 3.05) is 5.32 Å². The van der Waals surface area contributed by atoms with Crippen LogP contribution in [0.5, 0.6) is 0 Å². The van der Waals surface area contributed by atoms with Crippen LogP contribution in [-0.2, 0) is 4.79 Å². The van der Waals surface area contributed by atoms with Crippen LogP contribution in [0.3, 0.4) is 0 Å². The minimum Gasteiger partial charge on any atom is -0.436 e. The summed E-state index contributed by atoms with van der Waals surface area (Å²) < 4.78 is 5.96. The Hall–Kier alpha value is -2.62. The molecule has 2 aromatic carbocycles. The lowest BCUT2D eigenvalue weighted by molar-refractivity contribution is -0.114. The first-order valence-electron chi connectivity index (χ1n) is 7.21. The summed E-state index contributed by atoms with van der Waals surface area (Å²) in [4.78, 5) is 15.9. The van der Waals surface area contributed by atoms with Gasteiger partial charge < -0.3 is 9.73 Å². The third kappa shape index (κ3) is 2.48. The highest BCUT2D eigenvalue weighted by atomic mass is 16.3. The third-order valence-corrected chi connectivity index (χ3v) is 3.69. The molecule has 0 aliphatic carbocycles. The highest BCUT2D eigenvalue weighted by Crippen LogP contribution is 2.31. The number of nitrogens with one attached hydrogen (secondary N) is 1. The lowest BCUT2D eigenvalue weighted by atomic mass is 10.1. The van der Waals surface area contributed by atoms with Gasteiger partial charge in [-0.05, 0) is 55.7 Å². The summed E-state index contributed by atoms with van der Waals surface area (Å²) in [5, 5.41) is 2.83. The normalized spacial score (nSPS) is 10.9. The van der Waals surface area contributed by atoms with Crippen molar-refractivity contribution < 1.29 is 9.21 Å². The van der Waals surface area contributed by atoms with Gasteiger partial charge in [-0.25, -0.2) is 4.98 Å². The predicted octanol–water partition coefficient (Wildman–Crippen LogP) is 4.38. The van der Waals surface area contributed by atoms with Crippen molar-refractivity contribution in [2.24, 2.45) is 0 Å². The maximum absolute atomic E-state index is 11.3. The average Bonchev–Trinajstić information content (AvgIpc) is 2.84. The SMILES string of the molecule is CC(=O)Nc1cccc(-c2nc3cc(C)cc(C)c3o2)c1C. The molecule has 0 atom stereocenters. The van der Waals surface area contributed by atoms with E-state index in [0.717, 1.165) is 39.0 Å². The zero-order chi connectivity index (χ0) is 15.9. The Morgan fingerprint density at radius 3 is 2.68 bits per heavy atom. The summed E-state index contributed by atoms with van der Waals surface area (Å²) >= 11 is 0. The molecule has 0 spiro atoms. The molecule has 1 amide bonds. The second-order valence-electron chi connectivity index (χ2n) is 5.61. The molecule has 1 heterocycles. The van der Waals surface area contributed by atoms with Crippen molar-refractivity contribution in [3.05, 3.63) is 47.0 Å². The van der Waals surface area contributed by atoms with Gasteiger partial charge in [0.2, 0.25) is 11.8 Å². The highest BCUT2D eigenvalue weighted by molar-refractivity contribution is 5.91. The fraction of sp³-hybridized carbons (Fsp3) is 0.222. The van der Waals surface area contributed by atoms with Crippen molar-refractivity contribution in [1.29, 1.82) is 0 Å². The summed E-state index contributed by atoms with van der Waals surface area (Å²) in [6.45, 7) is 7.51. The maximum Gasteiger partial charge on any atom is 0.227 e. The van der Waals surface area contributed by atoms with Gasteiger partial charge in [0.25, 0.3) is 0 Å². The second-order valence-corrected chi connectivity index (χ2v) is 5.61. The van der Waals surface area contributed by atoms with E-state index in [1.54, 1.807) is 0 Å². The fourth-order valence-electron chi connectivity index (χ4n) is 2.68. The molecule has 0 fully saturated rings. The Bertz CT molecular complexity index is 878. The molecule has 0 unspecified atom stereocenters. The zero-order valence-corrected chi connectivity index (χ0v) is 13.2. The van der Waals surface area contributed by atoms with Crippen molar-refractivity contribution >= 4 is 22.7 Å². The van der Waals surface area contributed by atoms with Gasteiger partial charge in [-0.2, -0.15) is 0 Å². The van der Waals surface area contributed by atoms with Gasteiger partial charge in [0.1, 0.15) is 5.52 Å². The van der Waals surface area contributed by atoms with E-state index in [1.807, 2.05) is 45.0 Å². The summed E-state index contributed by atoms with van der Waals surface area (Å²) in [6.07, 6.45) is 0. The quantitative estimate of drug-likeness (QED) is 0.763. The summed E-state index contributed by atoms with van der Waals surface area (Å²) in [6, 6.07) is 9.81. The van der Waals surface area contributed by atoms with E-state index in [0.29, 0.717) is 5.89 Å². The highest BCUT2D eigenvalue weighted by Gasteiger charge is 2.14. The number of oxazole rings is 1. The van der Waals surface area contributed by atoms with Gasteiger partial charge in [-0.3, -0.25) is 4.79 Å². The summed E-state index contributed by atoms with van der Waals surface area (Å²) in [5.41, 5.74) is 6.51. The first kappa shape index (κ1) is 14.3. The van der Waals surface area contributed by atoms with Crippen LogP contribution in [0.25, 0.3) is 22.6 Å². The lowest BCUT2D eigenvalue weighted by Crippen LogP contribution is -2.07. The monoisotopic (exact) mass is 294 g/mol. The number of benzene rings is 2. The lowest BCUT2D eigenvalue weighted by Gasteiger charge is -2.09. The standard InChI is InChI=1S/C18H18N2O2/c1-10-8-11(2)17-16(9-10)20-18(22-17)14-6-5-7-15(12(14)3)19-13(4)21/h5-9H,1-4H3,(H,19,21). The van der Waals surface area contributed by atoms with Crippen LogP contribution < -0.4 is 5.32 Å². The topological polar surface area (TPSA) is 55.1 Å². The molecule has 1 aromatic heterocycles. The van der Waals surface area contributed by atoms with Crippen molar-refractivity contribution in [3.63, 3.8) is 0 Å². The number of hydrogen-bond acceptors (Lipinski definition) is 3. The maximum atomic E-state index is 11.3. The molecule has 0 bridgehead atoms. The largest absolute Gasteiger partial charge is 0.436 e. The first-order chi connectivity index (χ1) is 10.5. The average molecular weight is 294 g/mol. The van der Waals surface area contributed by atoms with Crippen molar-refractivity contribution in [3.8, 4) is 11.5 Å². The number of anilines is 1. The third-order valence-electron chi connectivity index (χ3n) is 3.69. The summed E-state index contributed by atoms with van der Waals surface area (Å²) in [5.74, 6) is 0.484. The molecule has 0 radical (unpaired) electrons. The Kier molecular flexibility index (Phi) is 3.45. The van der Waals surface area contributed by atoms with Crippen LogP contribution in [0.4, 0.5) is 5.69 Å². The van der Waals surface area contributed by atoms with E-state index in [4.69, 9.17) is 4.42 Å². The Morgan fingerprint density at radius 2 is 1.95 bits per heavy atom. The Balaban J connectivity index is 2.15. The van der Waals surface area contributed by atoms with E-state index in [1.165, 1.54) is 6.92 Å². The molecule has 3 aromatic rings. The van der Waals surface area contributed by atoms with Gasteiger partial charge in [-0.1, -0.05) is 12.1 Å². The van der Waals surface area contributed by atoms with Gasteiger partial charge >= 0.3 is 0 Å². The van der Waals surface area contributed by atoms with E-state index in [-0.39, 0.29) is 5.91 Å². The molecule has 0 saturated heterocycles. The molecule has 4 nitrogen and oxygen atoms in total. The number of hydrogen-bond donors (Lipinski definition) is 1. The molecule has 0 aliphatic heterocycles. The molecule has 112 valence electrons. The first-order valence-corrected chi connectivity index (χ1v) is 7.21. The molecule has 3 rings (SSSR count). The Labute approximate surface area is 129 Å². The number of carbonyl (C=O) groups is 1.